The van der Waals surface area contributed by atoms with Crippen LogP contribution in [-0.2, 0) is 6.42 Å². The van der Waals surface area contributed by atoms with Gasteiger partial charge in [-0.3, -0.25) is 4.79 Å². The van der Waals surface area contributed by atoms with Crippen LogP contribution in [0.5, 0.6) is 5.75 Å². The monoisotopic (exact) mass is 403 g/mol. The van der Waals surface area contributed by atoms with Gasteiger partial charge in [-0.2, -0.15) is 0 Å². The summed E-state index contributed by atoms with van der Waals surface area (Å²) in [7, 11) is 1.63. The summed E-state index contributed by atoms with van der Waals surface area (Å²) in [5.74, 6) is 0.824. The van der Waals surface area contributed by atoms with E-state index < -0.39 is 0 Å². The standard InChI is InChI=1S/C23H21N3O2S/c1-13-6-15(8-18(7-13)28-3)9-21(27)16-5-4-14(2)19(10-16)17-11-20-22(25-12-17)29-23(24)26-20/h4-8,10-12H,9H2,1-3H3,(H2,24,26). The molecule has 6 heteroatoms. The maximum Gasteiger partial charge on any atom is 0.182 e. The molecule has 0 saturated heterocycles. The summed E-state index contributed by atoms with van der Waals surface area (Å²) < 4.78 is 5.32. The average molecular weight is 404 g/mol. The zero-order valence-corrected chi connectivity index (χ0v) is 17.3. The minimum Gasteiger partial charge on any atom is -0.497 e. The summed E-state index contributed by atoms with van der Waals surface area (Å²) in [4.78, 5) is 22.6. The van der Waals surface area contributed by atoms with E-state index in [0.29, 0.717) is 17.1 Å². The van der Waals surface area contributed by atoms with E-state index in [1.165, 1.54) is 11.3 Å². The molecule has 0 aliphatic rings. The lowest BCUT2D eigenvalue weighted by Crippen LogP contribution is -2.05. The van der Waals surface area contributed by atoms with Crippen LogP contribution in [0.4, 0.5) is 5.13 Å². The number of ether oxygens (including phenoxy) is 1. The molecular formula is C23H21N3O2S. The van der Waals surface area contributed by atoms with E-state index in [-0.39, 0.29) is 5.78 Å². The van der Waals surface area contributed by atoms with Crippen LogP contribution in [0.15, 0.2) is 48.7 Å². The molecule has 29 heavy (non-hydrogen) atoms. The Morgan fingerprint density at radius 2 is 1.97 bits per heavy atom. The summed E-state index contributed by atoms with van der Waals surface area (Å²) in [5.41, 5.74) is 12.2. The van der Waals surface area contributed by atoms with Crippen molar-refractivity contribution in [2.45, 2.75) is 20.3 Å². The van der Waals surface area contributed by atoms with Crippen LogP contribution in [0.2, 0.25) is 0 Å². The number of nitrogen functional groups attached to an aromatic ring is 1. The molecule has 0 unspecified atom stereocenters. The van der Waals surface area contributed by atoms with Crippen LogP contribution >= 0.6 is 11.3 Å². The number of fused-ring (bicyclic) bond motifs is 1. The van der Waals surface area contributed by atoms with Crippen molar-refractivity contribution in [2.24, 2.45) is 0 Å². The third-order valence-electron chi connectivity index (χ3n) is 4.85. The second-order valence-electron chi connectivity index (χ2n) is 7.09. The lowest BCUT2D eigenvalue weighted by Gasteiger charge is -2.10. The lowest BCUT2D eigenvalue weighted by atomic mass is 9.95. The highest BCUT2D eigenvalue weighted by atomic mass is 32.1. The molecule has 4 rings (SSSR count). The van der Waals surface area contributed by atoms with E-state index >= 15 is 0 Å². The summed E-state index contributed by atoms with van der Waals surface area (Å²) in [6, 6.07) is 13.6. The Kier molecular flexibility index (Phi) is 5.03. The third-order valence-corrected chi connectivity index (χ3v) is 5.65. The number of Topliss-reactive ketones (excluding diaryl/α,β-unsaturated/α-hetero) is 1. The number of aryl methyl sites for hydroxylation is 2. The van der Waals surface area contributed by atoms with E-state index in [9.17, 15) is 4.79 Å². The number of aromatic nitrogens is 2. The number of carbonyl (C=O) groups is 1. The van der Waals surface area contributed by atoms with Crippen molar-refractivity contribution in [3.05, 3.63) is 70.9 Å². The van der Waals surface area contributed by atoms with Gasteiger partial charge >= 0.3 is 0 Å². The van der Waals surface area contributed by atoms with Gasteiger partial charge in [0, 0.05) is 23.7 Å². The highest BCUT2D eigenvalue weighted by molar-refractivity contribution is 7.21. The zero-order valence-electron chi connectivity index (χ0n) is 16.5. The fourth-order valence-corrected chi connectivity index (χ4v) is 4.08. The van der Waals surface area contributed by atoms with E-state index in [1.54, 1.807) is 7.11 Å². The van der Waals surface area contributed by atoms with Gasteiger partial charge in [-0.1, -0.05) is 29.5 Å². The van der Waals surface area contributed by atoms with Crippen LogP contribution in [0.25, 0.3) is 21.5 Å². The Bertz CT molecular complexity index is 1230. The zero-order chi connectivity index (χ0) is 20.5. The van der Waals surface area contributed by atoms with Crippen molar-refractivity contribution in [3.8, 4) is 16.9 Å². The molecule has 2 aromatic heterocycles. The van der Waals surface area contributed by atoms with Crippen molar-refractivity contribution in [1.29, 1.82) is 0 Å². The van der Waals surface area contributed by atoms with Crippen LogP contribution in [0, 0.1) is 13.8 Å². The first-order valence-electron chi connectivity index (χ1n) is 9.24. The first kappa shape index (κ1) is 19.1. The molecule has 0 bridgehead atoms. The Morgan fingerprint density at radius 1 is 1.14 bits per heavy atom. The number of anilines is 1. The van der Waals surface area contributed by atoms with Gasteiger partial charge in [0.25, 0.3) is 0 Å². The Hall–Kier alpha value is -3.25. The van der Waals surface area contributed by atoms with Gasteiger partial charge in [0.1, 0.15) is 16.1 Å². The van der Waals surface area contributed by atoms with Gasteiger partial charge in [-0.25, -0.2) is 9.97 Å². The van der Waals surface area contributed by atoms with Crippen molar-refractivity contribution < 1.29 is 9.53 Å². The van der Waals surface area contributed by atoms with Gasteiger partial charge < -0.3 is 10.5 Å². The number of methoxy groups -OCH3 is 1. The highest BCUT2D eigenvalue weighted by Gasteiger charge is 2.13. The van der Waals surface area contributed by atoms with Crippen molar-refractivity contribution in [1.82, 2.24) is 9.97 Å². The van der Waals surface area contributed by atoms with Crippen LogP contribution in [0.1, 0.15) is 27.0 Å². The number of thiazole rings is 1. The molecule has 2 N–H and O–H groups in total. The topological polar surface area (TPSA) is 78.1 Å². The SMILES string of the molecule is COc1cc(C)cc(CC(=O)c2ccc(C)c(-c3cnc4sc(N)nc4c3)c2)c1. The van der Waals surface area contributed by atoms with Gasteiger partial charge in [-0.15, -0.1) is 0 Å². The number of hydrogen-bond acceptors (Lipinski definition) is 6. The molecule has 2 aromatic carbocycles. The molecule has 146 valence electrons. The Morgan fingerprint density at radius 3 is 2.76 bits per heavy atom. The maximum absolute atomic E-state index is 13.0. The predicted molar refractivity (Wildman–Crippen MR) is 118 cm³/mol. The molecular weight excluding hydrogens is 382 g/mol. The number of rotatable bonds is 5. The number of nitrogens with zero attached hydrogens (tertiary/aromatic N) is 2. The van der Waals surface area contributed by atoms with E-state index in [1.807, 2.05) is 62.5 Å². The smallest absolute Gasteiger partial charge is 0.182 e. The van der Waals surface area contributed by atoms with Crippen LogP contribution in [0.3, 0.4) is 0 Å². The lowest BCUT2D eigenvalue weighted by molar-refractivity contribution is 0.0993. The molecule has 0 fully saturated rings. The molecule has 0 aliphatic heterocycles. The average Bonchev–Trinajstić information content (AvgIpc) is 3.06. The quantitative estimate of drug-likeness (QED) is 0.475. The summed E-state index contributed by atoms with van der Waals surface area (Å²) in [5, 5.41) is 0.499. The molecule has 0 spiro atoms. The number of hydrogen-bond donors (Lipinski definition) is 1. The first-order chi connectivity index (χ1) is 13.9. The van der Waals surface area contributed by atoms with Gasteiger partial charge in [-0.05, 0) is 60.4 Å². The minimum atomic E-state index is 0.0610. The third kappa shape index (κ3) is 3.98. The molecule has 4 aromatic rings. The van der Waals surface area contributed by atoms with Crippen molar-refractivity contribution in [3.63, 3.8) is 0 Å². The molecule has 0 radical (unpaired) electrons. The van der Waals surface area contributed by atoms with Gasteiger partial charge in [0.2, 0.25) is 0 Å². The largest absolute Gasteiger partial charge is 0.497 e. The highest BCUT2D eigenvalue weighted by Crippen LogP contribution is 2.29. The Balaban J connectivity index is 1.66. The van der Waals surface area contributed by atoms with Crippen molar-refractivity contribution in [2.75, 3.05) is 12.8 Å². The fraction of sp³-hybridized carbons (Fsp3) is 0.174. The number of carbonyl (C=O) groups excluding carboxylic acids is 1. The van der Waals surface area contributed by atoms with Gasteiger partial charge in [0.05, 0.1) is 7.11 Å². The van der Waals surface area contributed by atoms with Gasteiger partial charge in [0.15, 0.2) is 10.9 Å². The van der Waals surface area contributed by atoms with Crippen LogP contribution in [-0.4, -0.2) is 22.9 Å². The van der Waals surface area contributed by atoms with E-state index in [4.69, 9.17) is 10.5 Å². The molecule has 0 aliphatic carbocycles. The second-order valence-corrected chi connectivity index (χ2v) is 8.10. The minimum absolute atomic E-state index is 0.0610. The predicted octanol–water partition coefficient (Wildman–Crippen LogP) is 4.99. The van der Waals surface area contributed by atoms with Crippen molar-refractivity contribution >= 4 is 32.6 Å². The molecule has 0 saturated carbocycles. The normalized spacial score (nSPS) is 11.0. The number of ketones is 1. The summed E-state index contributed by atoms with van der Waals surface area (Å²) in [6.07, 6.45) is 2.13. The molecule has 2 heterocycles. The number of nitrogens with two attached hydrogens (primary N) is 1. The van der Waals surface area contributed by atoms with E-state index in [0.717, 1.165) is 43.9 Å². The fourth-order valence-electron chi connectivity index (χ4n) is 3.43. The molecule has 0 atom stereocenters. The maximum atomic E-state index is 13.0. The second kappa shape index (κ2) is 7.64. The number of pyridine rings is 1. The molecule has 5 nitrogen and oxygen atoms in total. The molecule has 0 amide bonds. The summed E-state index contributed by atoms with van der Waals surface area (Å²) >= 11 is 1.36. The van der Waals surface area contributed by atoms with E-state index in [2.05, 4.69) is 9.97 Å². The van der Waals surface area contributed by atoms with Crippen LogP contribution < -0.4 is 10.5 Å². The Labute approximate surface area is 173 Å². The number of benzene rings is 2. The summed E-state index contributed by atoms with van der Waals surface area (Å²) in [6.45, 7) is 4.02. The first-order valence-corrected chi connectivity index (χ1v) is 10.1.